The number of carboxylic acids is 1. The molecule has 9 heteroatoms. The second kappa shape index (κ2) is 11.1. The summed E-state index contributed by atoms with van der Waals surface area (Å²) < 4.78 is 31.8. The molecule has 1 atom stereocenters. The molecule has 0 amide bonds. The molecule has 1 aromatic carbocycles. The molecule has 196 valence electrons. The van der Waals surface area contributed by atoms with Crippen molar-refractivity contribution in [2.45, 2.75) is 52.6 Å². The van der Waals surface area contributed by atoms with Crippen molar-refractivity contribution in [3.05, 3.63) is 59.8 Å². The molecule has 0 radical (unpaired) electrons. The molecule has 3 aromatic rings. The van der Waals surface area contributed by atoms with Crippen molar-refractivity contribution in [2.24, 2.45) is 11.3 Å². The summed E-state index contributed by atoms with van der Waals surface area (Å²) in [7, 11) is 1.46. The Balaban J connectivity index is 1.56. The van der Waals surface area contributed by atoms with Gasteiger partial charge >= 0.3 is 5.97 Å². The molecular weight excluding hydrogens is 477 g/mol. The van der Waals surface area contributed by atoms with Crippen LogP contribution in [-0.2, 0) is 11.4 Å². The van der Waals surface area contributed by atoms with Crippen LogP contribution in [-0.4, -0.2) is 39.7 Å². The van der Waals surface area contributed by atoms with E-state index in [4.69, 9.17) is 14.2 Å². The van der Waals surface area contributed by atoms with Gasteiger partial charge in [-0.1, -0.05) is 32.9 Å². The number of benzene rings is 1. The lowest BCUT2D eigenvalue weighted by molar-refractivity contribution is -0.137. The van der Waals surface area contributed by atoms with Crippen LogP contribution in [0, 0.1) is 17.2 Å². The van der Waals surface area contributed by atoms with Gasteiger partial charge in [-0.05, 0) is 47.8 Å². The van der Waals surface area contributed by atoms with Crippen LogP contribution in [0.15, 0.2) is 42.7 Å². The zero-order chi connectivity index (χ0) is 26.6. The Bertz CT molecular complexity index is 1260. The molecule has 2 heterocycles. The van der Waals surface area contributed by atoms with E-state index in [-0.39, 0.29) is 47.4 Å². The number of hydrogen-bond acceptors (Lipinski definition) is 7. The van der Waals surface area contributed by atoms with Crippen LogP contribution in [0.2, 0.25) is 0 Å². The number of nitrogens with zero attached hydrogens (tertiary/aromatic N) is 3. The molecule has 4 rings (SSSR count). The van der Waals surface area contributed by atoms with E-state index < -0.39 is 11.8 Å². The number of methoxy groups -OCH3 is 1. The third kappa shape index (κ3) is 7.15. The molecular formula is C28H32FN3O5. The standard InChI is InChI=1S/C28H32FN3O5/c1-28(2,3)16-37-27-26(22-11-24(35-4)30-14-23(22)29)31-13-19(32-27)15-36-20-7-5-6-18(10-20)21(12-25(33)34)17-8-9-17/h5-7,10-11,13-14,17,21H,8-9,12,15-16H2,1-4H3,(H,33,34)/t21-/m0/s1. The Morgan fingerprint density at radius 3 is 2.62 bits per heavy atom. The van der Waals surface area contributed by atoms with Crippen LogP contribution in [0.5, 0.6) is 17.5 Å². The number of carbonyl (C=O) groups is 1. The van der Waals surface area contributed by atoms with Crippen LogP contribution < -0.4 is 14.2 Å². The third-order valence-electron chi connectivity index (χ3n) is 5.99. The van der Waals surface area contributed by atoms with E-state index in [1.54, 1.807) is 0 Å². The van der Waals surface area contributed by atoms with Crippen LogP contribution in [0.1, 0.15) is 57.2 Å². The van der Waals surface area contributed by atoms with Crippen molar-refractivity contribution in [2.75, 3.05) is 13.7 Å². The fraction of sp³-hybridized carbons (Fsp3) is 0.429. The molecule has 0 bridgehead atoms. The van der Waals surface area contributed by atoms with Gasteiger partial charge in [0.15, 0.2) is 5.82 Å². The maximum Gasteiger partial charge on any atom is 0.303 e. The maximum atomic E-state index is 14.7. The summed E-state index contributed by atoms with van der Waals surface area (Å²) in [5.41, 5.74) is 1.72. The summed E-state index contributed by atoms with van der Waals surface area (Å²) in [5.74, 6) is 0.0605. The lowest BCUT2D eigenvalue weighted by Gasteiger charge is -2.20. The van der Waals surface area contributed by atoms with Crippen LogP contribution >= 0.6 is 0 Å². The second-order valence-corrected chi connectivity index (χ2v) is 10.5. The molecule has 8 nitrogen and oxygen atoms in total. The number of aromatic nitrogens is 3. The molecule has 0 unspecified atom stereocenters. The summed E-state index contributed by atoms with van der Waals surface area (Å²) in [4.78, 5) is 24.3. The first-order chi connectivity index (χ1) is 17.6. The lowest BCUT2D eigenvalue weighted by Crippen LogP contribution is -2.18. The van der Waals surface area contributed by atoms with Gasteiger partial charge in [0.1, 0.15) is 23.7 Å². The van der Waals surface area contributed by atoms with Crippen molar-refractivity contribution in [3.8, 4) is 28.8 Å². The van der Waals surface area contributed by atoms with E-state index in [9.17, 15) is 14.3 Å². The highest BCUT2D eigenvalue weighted by molar-refractivity contribution is 5.68. The number of ether oxygens (including phenoxy) is 3. The predicted octanol–water partition coefficient (Wildman–Crippen LogP) is 5.66. The van der Waals surface area contributed by atoms with Gasteiger partial charge in [0, 0.05) is 11.6 Å². The van der Waals surface area contributed by atoms with Gasteiger partial charge in [-0.15, -0.1) is 0 Å². The van der Waals surface area contributed by atoms with E-state index in [2.05, 4.69) is 15.0 Å². The SMILES string of the molecule is COc1cc(-c2ncc(COc3cccc([C@@H](CC(=O)O)C4CC4)c3)nc2OCC(C)(C)C)c(F)cn1. The van der Waals surface area contributed by atoms with Gasteiger partial charge in [0.2, 0.25) is 11.8 Å². The number of aliphatic carboxylic acids is 1. The average molecular weight is 510 g/mol. The van der Waals surface area contributed by atoms with E-state index >= 15 is 0 Å². The topological polar surface area (TPSA) is 104 Å². The van der Waals surface area contributed by atoms with Gasteiger partial charge < -0.3 is 19.3 Å². The minimum atomic E-state index is -0.801. The molecule has 2 aromatic heterocycles. The quantitative estimate of drug-likeness (QED) is 0.353. The lowest BCUT2D eigenvalue weighted by atomic mass is 9.91. The number of pyridine rings is 1. The summed E-state index contributed by atoms with van der Waals surface area (Å²) in [6, 6.07) is 8.99. The zero-order valence-electron chi connectivity index (χ0n) is 21.5. The third-order valence-corrected chi connectivity index (χ3v) is 5.99. The average Bonchev–Trinajstić information content (AvgIpc) is 3.70. The van der Waals surface area contributed by atoms with Crippen LogP contribution in [0.4, 0.5) is 4.39 Å². The first-order valence-corrected chi connectivity index (χ1v) is 12.3. The Morgan fingerprint density at radius 1 is 1.16 bits per heavy atom. The van der Waals surface area contributed by atoms with E-state index in [0.29, 0.717) is 24.0 Å². The highest BCUT2D eigenvalue weighted by Crippen LogP contribution is 2.45. The smallest absolute Gasteiger partial charge is 0.303 e. The van der Waals surface area contributed by atoms with Crippen molar-refractivity contribution >= 4 is 5.97 Å². The van der Waals surface area contributed by atoms with Crippen molar-refractivity contribution in [3.63, 3.8) is 0 Å². The predicted molar refractivity (Wildman–Crippen MR) is 135 cm³/mol. The van der Waals surface area contributed by atoms with E-state index in [1.165, 1.54) is 19.4 Å². The minimum Gasteiger partial charge on any atom is -0.487 e. The molecule has 1 saturated carbocycles. The molecule has 1 aliphatic carbocycles. The van der Waals surface area contributed by atoms with Gasteiger partial charge in [-0.25, -0.2) is 19.3 Å². The number of rotatable bonds is 11. The molecule has 37 heavy (non-hydrogen) atoms. The van der Waals surface area contributed by atoms with Crippen molar-refractivity contribution in [1.29, 1.82) is 0 Å². The van der Waals surface area contributed by atoms with Gasteiger partial charge in [-0.2, -0.15) is 0 Å². The highest BCUT2D eigenvalue weighted by Gasteiger charge is 2.33. The second-order valence-electron chi connectivity index (χ2n) is 10.5. The van der Waals surface area contributed by atoms with Crippen LogP contribution in [0.25, 0.3) is 11.3 Å². The van der Waals surface area contributed by atoms with Crippen molar-refractivity contribution < 1.29 is 28.5 Å². The Kier molecular flexibility index (Phi) is 7.90. The molecule has 1 aliphatic rings. The van der Waals surface area contributed by atoms with Crippen molar-refractivity contribution in [1.82, 2.24) is 15.0 Å². The summed E-state index contributed by atoms with van der Waals surface area (Å²) in [5, 5.41) is 9.32. The fourth-order valence-electron chi connectivity index (χ4n) is 3.99. The molecule has 0 spiro atoms. The van der Waals surface area contributed by atoms with E-state index in [0.717, 1.165) is 24.6 Å². The number of carboxylic acid groups (broad SMARTS) is 1. The first-order valence-electron chi connectivity index (χ1n) is 12.3. The van der Waals surface area contributed by atoms with Gasteiger partial charge in [0.25, 0.3) is 0 Å². The van der Waals surface area contributed by atoms with Gasteiger partial charge in [-0.3, -0.25) is 4.79 Å². The summed E-state index contributed by atoms with van der Waals surface area (Å²) in [6.45, 7) is 6.52. The van der Waals surface area contributed by atoms with Crippen LogP contribution in [0.3, 0.4) is 0 Å². The Labute approximate surface area is 215 Å². The molecule has 1 fully saturated rings. The normalized spacial score (nSPS) is 14.2. The zero-order valence-corrected chi connectivity index (χ0v) is 21.5. The molecule has 0 aliphatic heterocycles. The molecule has 0 saturated heterocycles. The number of hydrogen-bond donors (Lipinski definition) is 1. The minimum absolute atomic E-state index is 0.0234. The summed E-state index contributed by atoms with van der Waals surface area (Å²) >= 11 is 0. The van der Waals surface area contributed by atoms with Gasteiger partial charge in [0.05, 0.1) is 32.5 Å². The number of halogens is 1. The fourth-order valence-corrected chi connectivity index (χ4v) is 3.99. The largest absolute Gasteiger partial charge is 0.487 e. The maximum absolute atomic E-state index is 14.7. The highest BCUT2D eigenvalue weighted by atomic mass is 19.1. The molecule has 1 N–H and O–H groups in total. The Morgan fingerprint density at radius 2 is 1.95 bits per heavy atom. The monoisotopic (exact) mass is 509 g/mol. The van der Waals surface area contributed by atoms with E-state index in [1.807, 2.05) is 45.0 Å². The Hall–Kier alpha value is -3.75. The summed E-state index contributed by atoms with van der Waals surface area (Å²) in [6.07, 6.45) is 4.80. The first kappa shape index (κ1) is 26.3.